The van der Waals surface area contributed by atoms with Gasteiger partial charge in [-0.05, 0) is 25.3 Å². The number of nitro benzene ring substituents is 1. The van der Waals surface area contributed by atoms with Gasteiger partial charge < -0.3 is 10.4 Å². The van der Waals surface area contributed by atoms with Crippen LogP contribution in [0.1, 0.15) is 29.6 Å². The summed E-state index contributed by atoms with van der Waals surface area (Å²) in [7, 11) is 0. The van der Waals surface area contributed by atoms with Gasteiger partial charge in [-0.25, -0.2) is 0 Å². The van der Waals surface area contributed by atoms with Gasteiger partial charge in [-0.3, -0.25) is 19.7 Å². The predicted molar refractivity (Wildman–Crippen MR) is 74.3 cm³/mol. The first-order valence-corrected chi connectivity index (χ1v) is 6.74. The summed E-state index contributed by atoms with van der Waals surface area (Å²) < 4.78 is 0. The molecule has 2 rings (SSSR count). The van der Waals surface area contributed by atoms with Crippen LogP contribution in [0.5, 0.6) is 0 Å². The van der Waals surface area contributed by atoms with E-state index in [9.17, 15) is 19.7 Å². The van der Waals surface area contributed by atoms with Gasteiger partial charge in [-0.15, -0.1) is 0 Å². The number of hydrogen-bond donors (Lipinski definition) is 2. The number of aliphatic carboxylic acids is 1. The summed E-state index contributed by atoms with van der Waals surface area (Å²) in [6, 6.07) is 3.69. The van der Waals surface area contributed by atoms with Crippen molar-refractivity contribution in [2.75, 3.05) is 0 Å². The van der Waals surface area contributed by atoms with E-state index in [1.807, 2.05) is 0 Å². The third kappa shape index (κ3) is 3.30. The SMILES string of the molecule is O=C(NC1CCC(C(=O)O)C1)c1c(Cl)cccc1[N+](=O)[O-]. The van der Waals surface area contributed by atoms with Crippen molar-refractivity contribution in [2.24, 2.45) is 5.92 Å². The minimum absolute atomic E-state index is 0.00511. The lowest BCUT2D eigenvalue weighted by Crippen LogP contribution is -2.34. The molecule has 1 aliphatic rings. The summed E-state index contributed by atoms with van der Waals surface area (Å²) in [6.45, 7) is 0. The number of nitro groups is 1. The predicted octanol–water partition coefficient (Wildman–Crippen LogP) is 2.23. The van der Waals surface area contributed by atoms with E-state index in [-0.39, 0.29) is 22.3 Å². The second kappa shape index (κ2) is 6.09. The van der Waals surface area contributed by atoms with Crippen LogP contribution < -0.4 is 5.32 Å². The highest BCUT2D eigenvalue weighted by Gasteiger charge is 2.32. The van der Waals surface area contributed by atoms with Crippen LogP contribution in [0.4, 0.5) is 5.69 Å². The average molecular weight is 313 g/mol. The van der Waals surface area contributed by atoms with Crippen molar-refractivity contribution in [3.8, 4) is 0 Å². The fraction of sp³-hybridized carbons (Fsp3) is 0.385. The number of carboxylic acid groups (broad SMARTS) is 1. The highest BCUT2D eigenvalue weighted by atomic mass is 35.5. The van der Waals surface area contributed by atoms with Crippen molar-refractivity contribution in [2.45, 2.75) is 25.3 Å². The number of carbonyl (C=O) groups is 2. The quantitative estimate of drug-likeness (QED) is 0.654. The Labute approximate surface area is 125 Å². The van der Waals surface area contributed by atoms with Crippen molar-refractivity contribution in [3.63, 3.8) is 0 Å². The number of carbonyl (C=O) groups excluding carboxylic acids is 1. The highest BCUT2D eigenvalue weighted by Crippen LogP contribution is 2.29. The fourth-order valence-electron chi connectivity index (χ4n) is 2.48. The van der Waals surface area contributed by atoms with Crippen LogP contribution in [-0.4, -0.2) is 27.9 Å². The molecule has 0 aliphatic heterocycles. The van der Waals surface area contributed by atoms with Crippen LogP contribution >= 0.6 is 11.6 Å². The van der Waals surface area contributed by atoms with E-state index >= 15 is 0 Å². The van der Waals surface area contributed by atoms with E-state index in [1.54, 1.807) is 0 Å². The molecule has 1 amide bonds. The van der Waals surface area contributed by atoms with Crippen molar-refractivity contribution in [3.05, 3.63) is 38.9 Å². The van der Waals surface area contributed by atoms with Gasteiger partial charge in [0.1, 0.15) is 5.56 Å². The smallest absolute Gasteiger partial charge is 0.306 e. The Hall–Kier alpha value is -2.15. The molecule has 2 N–H and O–H groups in total. The summed E-state index contributed by atoms with van der Waals surface area (Å²) in [5.41, 5.74) is -0.560. The third-order valence-electron chi connectivity index (χ3n) is 3.53. The lowest BCUT2D eigenvalue weighted by Gasteiger charge is -2.13. The molecule has 0 spiro atoms. The van der Waals surface area contributed by atoms with Crippen LogP contribution in [0.15, 0.2) is 18.2 Å². The lowest BCUT2D eigenvalue weighted by molar-refractivity contribution is -0.385. The van der Waals surface area contributed by atoms with Gasteiger partial charge in [0.15, 0.2) is 0 Å². The standard InChI is InChI=1S/C13H13ClN2O5/c14-9-2-1-3-10(16(20)21)11(9)12(17)15-8-5-4-7(6-8)13(18)19/h1-3,7-8H,4-6H2,(H,15,17)(H,18,19). The molecule has 112 valence electrons. The molecule has 1 aromatic carbocycles. The Kier molecular flexibility index (Phi) is 4.42. The maximum Gasteiger partial charge on any atom is 0.306 e. The van der Waals surface area contributed by atoms with Crippen LogP contribution in [0, 0.1) is 16.0 Å². The van der Waals surface area contributed by atoms with Gasteiger partial charge >= 0.3 is 5.97 Å². The molecule has 21 heavy (non-hydrogen) atoms. The number of hydrogen-bond acceptors (Lipinski definition) is 4. The van der Waals surface area contributed by atoms with Gasteiger partial charge in [0, 0.05) is 12.1 Å². The number of benzene rings is 1. The monoisotopic (exact) mass is 312 g/mol. The first kappa shape index (κ1) is 15.2. The van der Waals surface area contributed by atoms with Crippen molar-refractivity contribution < 1.29 is 19.6 Å². The van der Waals surface area contributed by atoms with E-state index in [0.717, 1.165) is 0 Å². The molecule has 0 heterocycles. The molecule has 7 nitrogen and oxygen atoms in total. The number of nitrogens with one attached hydrogen (secondary N) is 1. The molecule has 0 radical (unpaired) electrons. The molecule has 0 aromatic heterocycles. The van der Waals surface area contributed by atoms with Gasteiger partial charge in [-0.2, -0.15) is 0 Å². The van der Waals surface area contributed by atoms with E-state index in [2.05, 4.69) is 5.32 Å². The summed E-state index contributed by atoms with van der Waals surface area (Å²) in [5.74, 6) is -2.03. The molecule has 8 heteroatoms. The second-order valence-electron chi connectivity index (χ2n) is 4.91. The number of halogens is 1. The van der Waals surface area contributed by atoms with Gasteiger partial charge in [-0.1, -0.05) is 17.7 Å². The number of carboxylic acids is 1. The molecule has 2 unspecified atom stereocenters. The number of nitrogens with zero attached hydrogens (tertiary/aromatic N) is 1. The number of amides is 1. The molecule has 0 bridgehead atoms. The fourth-order valence-corrected chi connectivity index (χ4v) is 2.74. The van der Waals surface area contributed by atoms with E-state index in [4.69, 9.17) is 16.7 Å². The summed E-state index contributed by atoms with van der Waals surface area (Å²) in [4.78, 5) is 33.3. The summed E-state index contributed by atoms with van der Waals surface area (Å²) >= 11 is 5.87. The van der Waals surface area contributed by atoms with Crippen LogP contribution in [0.3, 0.4) is 0 Å². The van der Waals surface area contributed by atoms with Crippen molar-refractivity contribution >= 4 is 29.2 Å². The Morgan fingerprint density at radius 1 is 1.38 bits per heavy atom. The molecule has 1 aliphatic carbocycles. The highest BCUT2D eigenvalue weighted by molar-refractivity contribution is 6.34. The van der Waals surface area contributed by atoms with E-state index < -0.39 is 22.7 Å². The number of rotatable bonds is 4. The van der Waals surface area contributed by atoms with E-state index in [0.29, 0.717) is 19.3 Å². The molecule has 1 aromatic rings. The van der Waals surface area contributed by atoms with Crippen LogP contribution in [-0.2, 0) is 4.79 Å². The molecular formula is C13H13ClN2O5. The third-order valence-corrected chi connectivity index (χ3v) is 3.85. The molecule has 1 saturated carbocycles. The molecular weight excluding hydrogens is 300 g/mol. The Morgan fingerprint density at radius 2 is 2.10 bits per heavy atom. The molecule has 0 saturated heterocycles. The Bertz CT molecular complexity index is 604. The zero-order valence-corrected chi connectivity index (χ0v) is 11.7. The summed E-state index contributed by atoms with van der Waals surface area (Å²) in [5, 5.41) is 22.5. The maximum atomic E-state index is 12.2. The van der Waals surface area contributed by atoms with Crippen LogP contribution in [0.2, 0.25) is 5.02 Å². The van der Waals surface area contributed by atoms with E-state index in [1.165, 1.54) is 18.2 Å². The average Bonchev–Trinajstić information content (AvgIpc) is 2.86. The Morgan fingerprint density at radius 3 is 2.67 bits per heavy atom. The first-order valence-electron chi connectivity index (χ1n) is 6.36. The lowest BCUT2D eigenvalue weighted by atomic mass is 10.1. The largest absolute Gasteiger partial charge is 0.481 e. The molecule has 2 atom stereocenters. The van der Waals surface area contributed by atoms with Crippen LogP contribution in [0.25, 0.3) is 0 Å². The zero-order chi connectivity index (χ0) is 15.6. The van der Waals surface area contributed by atoms with Crippen molar-refractivity contribution in [1.29, 1.82) is 0 Å². The second-order valence-corrected chi connectivity index (χ2v) is 5.32. The van der Waals surface area contributed by atoms with Crippen molar-refractivity contribution in [1.82, 2.24) is 5.32 Å². The summed E-state index contributed by atoms with van der Waals surface area (Å²) in [6.07, 6.45) is 1.32. The van der Waals surface area contributed by atoms with Gasteiger partial charge in [0.05, 0.1) is 15.9 Å². The minimum atomic E-state index is -0.893. The topological polar surface area (TPSA) is 110 Å². The normalized spacial score (nSPS) is 21.0. The maximum absolute atomic E-state index is 12.2. The Balaban J connectivity index is 2.15. The minimum Gasteiger partial charge on any atom is -0.481 e. The zero-order valence-electron chi connectivity index (χ0n) is 10.9. The van der Waals surface area contributed by atoms with Gasteiger partial charge in [0.25, 0.3) is 11.6 Å². The molecule has 1 fully saturated rings. The van der Waals surface area contributed by atoms with Gasteiger partial charge in [0.2, 0.25) is 0 Å². The first-order chi connectivity index (χ1) is 9.90.